The van der Waals surface area contributed by atoms with Crippen LogP contribution in [0.5, 0.6) is 0 Å². The molecular formula is C26H41N2P2+. The fourth-order valence-corrected chi connectivity index (χ4v) is 6.50. The lowest BCUT2D eigenvalue weighted by molar-refractivity contribution is -0.516. The van der Waals surface area contributed by atoms with Crippen molar-refractivity contribution in [1.82, 2.24) is 4.90 Å². The Labute approximate surface area is 188 Å². The molecule has 2 aromatic rings. The average Bonchev–Trinajstić information content (AvgIpc) is 2.66. The Bertz CT molecular complexity index is 761. The van der Waals surface area contributed by atoms with E-state index < -0.39 is 0 Å². The van der Waals surface area contributed by atoms with Gasteiger partial charge in [0, 0.05) is 24.7 Å². The van der Waals surface area contributed by atoms with Gasteiger partial charge in [0.15, 0.2) is 12.8 Å². The fourth-order valence-electron chi connectivity index (χ4n) is 3.19. The zero-order valence-corrected chi connectivity index (χ0v) is 21.8. The van der Waals surface area contributed by atoms with Crippen molar-refractivity contribution in [3.8, 4) is 0 Å². The molecule has 30 heavy (non-hydrogen) atoms. The van der Waals surface area contributed by atoms with E-state index in [-0.39, 0.29) is 7.92 Å². The van der Waals surface area contributed by atoms with Crippen LogP contribution in [-0.4, -0.2) is 45.4 Å². The highest BCUT2D eigenvalue weighted by Crippen LogP contribution is 2.50. The smallest absolute Gasteiger partial charge is 0.168 e. The first-order valence-electron chi connectivity index (χ1n) is 10.9. The van der Waals surface area contributed by atoms with Crippen LogP contribution in [0.1, 0.15) is 52.7 Å². The maximum Gasteiger partial charge on any atom is 0.168 e. The molecule has 0 fully saturated rings. The van der Waals surface area contributed by atoms with E-state index >= 15 is 0 Å². The molecule has 2 nitrogen and oxygen atoms in total. The summed E-state index contributed by atoms with van der Waals surface area (Å²) in [5, 5.41) is 0.673. The van der Waals surface area contributed by atoms with E-state index in [4.69, 9.17) is 0 Å². The topological polar surface area (TPSA) is 6.25 Å². The molecule has 0 aliphatic carbocycles. The predicted molar refractivity (Wildman–Crippen MR) is 139 cm³/mol. The van der Waals surface area contributed by atoms with Gasteiger partial charge in [0.25, 0.3) is 0 Å². The van der Waals surface area contributed by atoms with E-state index in [9.17, 15) is 0 Å². The molecule has 0 aromatic heterocycles. The number of hydrogen-bond donors (Lipinski definition) is 0. The Kier molecular flexibility index (Phi) is 9.67. The molecular weight excluding hydrogens is 402 g/mol. The summed E-state index contributed by atoms with van der Waals surface area (Å²) in [4.78, 5) is 2.70. The summed E-state index contributed by atoms with van der Waals surface area (Å²) >= 11 is 0. The Morgan fingerprint density at radius 1 is 0.867 bits per heavy atom. The third-order valence-electron chi connectivity index (χ3n) is 5.02. The second-order valence-electron chi connectivity index (χ2n) is 10.2. The highest BCUT2D eigenvalue weighted by atomic mass is 31.1. The molecule has 0 amide bonds. The highest BCUT2D eigenvalue weighted by molar-refractivity contribution is 7.58. The van der Waals surface area contributed by atoms with Gasteiger partial charge in [-0.05, 0) is 23.8 Å². The second-order valence-corrected chi connectivity index (χ2v) is 15.4. The van der Waals surface area contributed by atoms with Gasteiger partial charge in [-0.2, -0.15) is 0 Å². The third kappa shape index (κ3) is 9.82. The molecule has 2 aromatic carbocycles. The van der Waals surface area contributed by atoms with E-state index in [1.807, 2.05) is 0 Å². The van der Waals surface area contributed by atoms with Crippen LogP contribution in [0.2, 0.25) is 0 Å². The molecule has 0 bridgehead atoms. The quantitative estimate of drug-likeness (QED) is 0.217. The van der Waals surface area contributed by atoms with E-state index in [2.05, 4.69) is 118 Å². The van der Waals surface area contributed by atoms with E-state index in [0.29, 0.717) is 10.3 Å². The Morgan fingerprint density at radius 2 is 1.40 bits per heavy atom. The first-order chi connectivity index (χ1) is 14.0. The molecule has 0 aliphatic heterocycles. The summed E-state index contributed by atoms with van der Waals surface area (Å²) in [6, 6.07) is 21.6. The first-order valence-corrected chi connectivity index (χ1v) is 13.8. The number of rotatable bonds is 10. The van der Waals surface area contributed by atoms with Crippen molar-refractivity contribution in [2.75, 3.05) is 18.9 Å². The zero-order valence-electron chi connectivity index (χ0n) is 19.9. The van der Waals surface area contributed by atoms with Gasteiger partial charge in [-0.3, -0.25) is 4.90 Å². The summed E-state index contributed by atoms with van der Waals surface area (Å²) in [6.07, 6.45) is 3.40. The van der Waals surface area contributed by atoms with Crippen molar-refractivity contribution in [2.24, 2.45) is 0 Å². The summed E-state index contributed by atoms with van der Waals surface area (Å²) in [5.41, 5.74) is 2.75. The maximum absolute atomic E-state index is 4.40. The largest absolute Gasteiger partial charge is 0.291 e. The minimum absolute atomic E-state index is 0.226. The predicted octanol–water partition coefficient (Wildman–Crippen LogP) is 7.03. The Hall–Kier alpha value is -1.07. The van der Waals surface area contributed by atoms with Gasteiger partial charge in [-0.15, -0.1) is 8.58 Å². The van der Waals surface area contributed by atoms with E-state index in [1.165, 1.54) is 17.4 Å². The van der Waals surface area contributed by atoms with Gasteiger partial charge in [-0.1, -0.05) is 102 Å². The molecule has 2 atom stereocenters. The van der Waals surface area contributed by atoms with Gasteiger partial charge in [0.2, 0.25) is 0 Å². The molecule has 4 heteroatoms. The lowest BCUT2D eigenvalue weighted by atomic mass is 10.2. The van der Waals surface area contributed by atoms with Crippen LogP contribution >= 0.6 is 16.5 Å². The number of benzene rings is 2. The first kappa shape index (κ1) is 25.2. The molecule has 0 spiro atoms. The fraction of sp³-hybridized carbons (Fsp3) is 0.500. The second kappa shape index (κ2) is 11.5. The van der Waals surface area contributed by atoms with Gasteiger partial charge < -0.3 is 0 Å². The van der Waals surface area contributed by atoms with Crippen LogP contribution < -0.4 is 0 Å². The van der Waals surface area contributed by atoms with Gasteiger partial charge in [0.1, 0.15) is 6.72 Å². The lowest BCUT2D eigenvalue weighted by Gasteiger charge is -2.35. The van der Waals surface area contributed by atoms with Crippen molar-refractivity contribution >= 4 is 23.2 Å². The van der Waals surface area contributed by atoms with E-state index in [1.54, 1.807) is 0 Å². The standard InChI is InChI=1S/C26H41N2P2/c1-25(2,3)29-20-28(19-24-16-12-9-13-17-24)22-30(26(4,5)6)21-27(7)18-23-14-10-8-11-15-23/h8-17,29H,7,18-22H2,1-6H3/q+1. The summed E-state index contributed by atoms with van der Waals surface area (Å²) in [6.45, 7) is 20.6. The molecule has 0 saturated carbocycles. The van der Waals surface area contributed by atoms with Crippen LogP contribution in [0.4, 0.5) is 0 Å². The molecule has 0 N–H and O–H groups in total. The average molecular weight is 444 g/mol. The molecule has 2 rings (SSSR count). The van der Waals surface area contributed by atoms with Crippen molar-refractivity contribution in [3.05, 3.63) is 71.8 Å². The number of nitrogens with zero attached hydrogens (tertiary/aromatic N) is 2. The third-order valence-corrected chi connectivity index (χ3v) is 10.1. The molecule has 0 radical (unpaired) electrons. The van der Waals surface area contributed by atoms with Crippen LogP contribution in [-0.2, 0) is 13.1 Å². The Balaban J connectivity index is 2.10. The monoisotopic (exact) mass is 443 g/mol. The highest BCUT2D eigenvalue weighted by Gasteiger charge is 2.30. The minimum atomic E-state index is -0.226. The summed E-state index contributed by atoms with van der Waals surface area (Å²) < 4.78 is 2.28. The normalized spacial score (nSPS) is 13.8. The molecule has 0 heterocycles. The van der Waals surface area contributed by atoms with Crippen LogP contribution in [0.25, 0.3) is 0 Å². The molecule has 0 aliphatic rings. The SMILES string of the molecule is C=[N+](Cc1ccccc1)CP(CN(CPC(C)(C)C)Cc1ccccc1)C(C)(C)C. The van der Waals surface area contributed by atoms with Crippen LogP contribution in [0, 0.1) is 0 Å². The van der Waals surface area contributed by atoms with Gasteiger partial charge in [0.05, 0.1) is 0 Å². The lowest BCUT2D eigenvalue weighted by Crippen LogP contribution is -2.31. The maximum atomic E-state index is 4.40. The molecule has 164 valence electrons. The van der Waals surface area contributed by atoms with Gasteiger partial charge in [-0.25, -0.2) is 4.58 Å². The van der Waals surface area contributed by atoms with Crippen LogP contribution in [0.3, 0.4) is 0 Å². The van der Waals surface area contributed by atoms with Gasteiger partial charge >= 0.3 is 0 Å². The zero-order chi connectivity index (χ0) is 22.2. The minimum Gasteiger partial charge on any atom is -0.291 e. The molecule has 0 saturated heterocycles. The molecule has 2 unspecified atom stereocenters. The summed E-state index contributed by atoms with van der Waals surface area (Å²) in [5.74, 6) is 0. The van der Waals surface area contributed by atoms with Crippen LogP contribution in [0.15, 0.2) is 60.7 Å². The number of hydrogen-bond acceptors (Lipinski definition) is 1. The Morgan fingerprint density at radius 3 is 1.90 bits per heavy atom. The summed E-state index contributed by atoms with van der Waals surface area (Å²) in [7, 11) is 0.711. The van der Waals surface area contributed by atoms with Crippen molar-refractivity contribution in [1.29, 1.82) is 0 Å². The van der Waals surface area contributed by atoms with Crippen molar-refractivity contribution in [2.45, 2.75) is 64.9 Å². The van der Waals surface area contributed by atoms with Crippen molar-refractivity contribution < 1.29 is 4.58 Å². The van der Waals surface area contributed by atoms with E-state index in [0.717, 1.165) is 34.2 Å². The van der Waals surface area contributed by atoms with Crippen molar-refractivity contribution in [3.63, 3.8) is 0 Å².